The maximum absolute atomic E-state index is 11.1. The second-order valence-electron chi connectivity index (χ2n) is 2.53. The van der Waals surface area contributed by atoms with E-state index in [2.05, 4.69) is 9.72 Å². The fourth-order valence-corrected chi connectivity index (χ4v) is 0.928. The molecule has 0 fully saturated rings. The van der Waals surface area contributed by atoms with Crippen LogP contribution in [0.1, 0.15) is 16.2 Å². The van der Waals surface area contributed by atoms with Crippen LogP contribution in [0.4, 0.5) is 0 Å². The second-order valence-corrected chi connectivity index (χ2v) is 2.53. The van der Waals surface area contributed by atoms with Gasteiger partial charge >= 0.3 is 5.97 Å². The van der Waals surface area contributed by atoms with E-state index >= 15 is 0 Å². The van der Waals surface area contributed by atoms with Crippen molar-refractivity contribution < 1.29 is 19.2 Å². The van der Waals surface area contributed by atoms with E-state index in [4.69, 9.17) is 4.84 Å². The van der Waals surface area contributed by atoms with Crippen LogP contribution in [0.3, 0.4) is 0 Å². The number of ether oxygens (including phenoxy) is 1. The van der Waals surface area contributed by atoms with Crippen LogP contribution < -0.4 is 5.48 Å². The first-order valence-electron chi connectivity index (χ1n) is 4.13. The van der Waals surface area contributed by atoms with Gasteiger partial charge in [-0.1, -0.05) is 6.07 Å². The van der Waals surface area contributed by atoms with Crippen molar-refractivity contribution in [3.63, 3.8) is 0 Å². The first-order valence-corrected chi connectivity index (χ1v) is 4.13. The van der Waals surface area contributed by atoms with Crippen molar-refractivity contribution in [3.8, 4) is 0 Å². The topological polar surface area (TPSA) is 77.5 Å². The summed E-state index contributed by atoms with van der Waals surface area (Å²) in [4.78, 5) is 29.6. The van der Waals surface area contributed by atoms with Crippen molar-refractivity contribution in [1.82, 2.24) is 10.5 Å². The van der Waals surface area contributed by atoms with Crippen LogP contribution in [0.25, 0.3) is 0 Å². The summed E-state index contributed by atoms with van der Waals surface area (Å²) in [6.45, 7) is 0.0869. The summed E-state index contributed by atoms with van der Waals surface area (Å²) in [6, 6.07) is 4.85. The highest BCUT2D eigenvalue weighted by Crippen LogP contribution is 2.01. The van der Waals surface area contributed by atoms with Gasteiger partial charge in [-0.15, -0.1) is 0 Å². The first-order chi connectivity index (χ1) is 7.27. The fourth-order valence-electron chi connectivity index (χ4n) is 0.928. The van der Waals surface area contributed by atoms with Crippen molar-refractivity contribution >= 4 is 12.4 Å². The van der Waals surface area contributed by atoms with Crippen molar-refractivity contribution in [1.29, 1.82) is 0 Å². The van der Waals surface area contributed by atoms with Crippen molar-refractivity contribution in [2.24, 2.45) is 0 Å². The standard InChI is InChI=1S/C9H10N2O4/c1-14-9(13)8-4-2-3-7(11-8)5-15-10-6-12/h2-4,6H,5H2,1H3,(H,10,12). The molecule has 0 radical (unpaired) electrons. The summed E-state index contributed by atoms with van der Waals surface area (Å²) < 4.78 is 4.50. The molecule has 1 aromatic heterocycles. The molecular formula is C9H10N2O4. The molecule has 0 aliphatic rings. The summed E-state index contributed by atoms with van der Waals surface area (Å²) in [5.41, 5.74) is 2.74. The molecule has 0 bridgehead atoms. The lowest BCUT2D eigenvalue weighted by molar-refractivity contribution is -0.121. The van der Waals surface area contributed by atoms with E-state index in [9.17, 15) is 9.59 Å². The molecule has 0 aliphatic carbocycles. The smallest absolute Gasteiger partial charge is 0.356 e. The Kier molecular flexibility index (Phi) is 4.24. The molecule has 1 rings (SSSR count). The molecule has 0 spiro atoms. The predicted octanol–water partition coefficient (Wildman–Crippen LogP) is 0.0458. The molecule has 15 heavy (non-hydrogen) atoms. The largest absolute Gasteiger partial charge is 0.464 e. The third kappa shape index (κ3) is 3.35. The summed E-state index contributed by atoms with van der Waals surface area (Å²) in [5.74, 6) is -0.514. The second kappa shape index (κ2) is 5.71. The maximum atomic E-state index is 11.1. The van der Waals surface area contributed by atoms with Gasteiger partial charge in [0.15, 0.2) is 0 Å². The predicted molar refractivity (Wildman–Crippen MR) is 49.6 cm³/mol. The number of pyridine rings is 1. The fraction of sp³-hybridized carbons (Fsp3) is 0.222. The minimum atomic E-state index is -0.514. The van der Waals surface area contributed by atoms with Gasteiger partial charge in [-0.2, -0.15) is 0 Å². The lowest BCUT2D eigenvalue weighted by Gasteiger charge is -2.02. The number of rotatable bonds is 5. The van der Waals surface area contributed by atoms with Crippen LogP contribution in [-0.4, -0.2) is 24.5 Å². The van der Waals surface area contributed by atoms with Gasteiger partial charge in [-0.3, -0.25) is 9.63 Å². The zero-order valence-electron chi connectivity index (χ0n) is 8.10. The Morgan fingerprint density at radius 3 is 3.07 bits per heavy atom. The minimum absolute atomic E-state index is 0.0869. The molecule has 1 N–H and O–H groups in total. The first kappa shape index (κ1) is 11.1. The molecule has 0 saturated heterocycles. The molecule has 1 heterocycles. The van der Waals surface area contributed by atoms with Crippen molar-refractivity contribution in [3.05, 3.63) is 29.6 Å². The lowest BCUT2D eigenvalue weighted by Crippen LogP contribution is -2.13. The Morgan fingerprint density at radius 1 is 1.60 bits per heavy atom. The lowest BCUT2D eigenvalue weighted by atomic mass is 10.3. The molecule has 0 aliphatic heterocycles. The van der Waals surface area contributed by atoms with Gasteiger partial charge in [0, 0.05) is 0 Å². The van der Waals surface area contributed by atoms with E-state index in [0.29, 0.717) is 12.1 Å². The third-order valence-electron chi connectivity index (χ3n) is 1.55. The number of hydrogen-bond acceptors (Lipinski definition) is 5. The van der Waals surface area contributed by atoms with Crippen LogP contribution in [-0.2, 0) is 21.0 Å². The van der Waals surface area contributed by atoms with Gasteiger partial charge in [0.2, 0.25) is 6.41 Å². The molecule has 1 aromatic rings. The highest BCUT2D eigenvalue weighted by atomic mass is 16.6. The summed E-state index contributed by atoms with van der Waals surface area (Å²) >= 11 is 0. The highest BCUT2D eigenvalue weighted by Gasteiger charge is 2.07. The molecule has 6 heteroatoms. The zero-order chi connectivity index (χ0) is 11.1. The van der Waals surface area contributed by atoms with E-state index in [1.54, 1.807) is 12.1 Å². The molecule has 0 atom stereocenters. The number of hydrogen-bond donors (Lipinski definition) is 1. The molecule has 0 unspecified atom stereocenters. The number of hydroxylamine groups is 1. The Bertz CT molecular complexity index is 354. The van der Waals surface area contributed by atoms with Gasteiger partial charge in [0.1, 0.15) is 12.3 Å². The number of nitrogens with one attached hydrogen (secondary N) is 1. The molecule has 0 aromatic carbocycles. The van der Waals surface area contributed by atoms with Crippen LogP contribution in [0.2, 0.25) is 0 Å². The average Bonchev–Trinajstić information content (AvgIpc) is 2.29. The molecule has 0 saturated carbocycles. The summed E-state index contributed by atoms with van der Waals surface area (Å²) in [6.07, 6.45) is 0.407. The van der Waals surface area contributed by atoms with E-state index in [0.717, 1.165) is 0 Å². The van der Waals surface area contributed by atoms with E-state index in [1.807, 2.05) is 5.48 Å². The van der Waals surface area contributed by atoms with Gasteiger partial charge in [0.05, 0.1) is 12.8 Å². The number of carbonyl (C=O) groups excluding carboxylic acids is 2. The van der Waals surface area contributed by atoms with Crippen LogP contribution in [0.5, 0.6) is 0 Å². The average molecular weight is 210 g/mol. The normalized spacial score (nSPS) is 9.40. The van der Waals surface area contributed by atoms with E-state index < -0.39 is 5.97 Å². The van der Waals surface area contributed by atoms with Gasteiger partial charge in [-0.05, 0) is 12.1 Å². The summed E-state index contributed by atoms with van der Waals surface area (Å²) in [7, 11) is 1.28. The van der Waals surface area contributed by atoms with Crippen molar-refractivity contribution in [2.75, 3.05) is 7.11 Å². The Hall–Kier alpha value is -1.95. The van der Waals surface area contributed by atoms with E-state index in [1.165, 1.54) is 13.2 Å². The summed E-state index contributed by atoms with van der Waals surface area (Å²) in [5, 5.41) is 0. The SMILES string of the molecule is COC(=O)c1cccc(CONC=O)n1. The van der Waals surface area contributed by atoms with Gasteiger partial charge in [0.25, 0.3) is 0 Å². The quantitative estimate of drug-likeness (QED) is 0.321. The highest BCUT2D eigenvalue weighted by molar-refractivity contribution is 5.87. The van der Waals surface area contributed by atoms with E-state index in [-0.39, 0.29) is 12.3 Å². The molecular weight excluding hydrogens is 200 g/mol. The number of esters is 1. The number of aromatic nitrogens is 1. The van der Waals surface area contributed by atoms with Gasteiger partial charge in [-0.25, -0.2) is 15.3 Å². The number of nitrogens with zero attached hydrogens (tertiary/aromatic N) is 1. The monoisotopic (exact) mass is 210 g/mol. The molecule has 80 valence electrons. The Morgan fingerprint density at radius 2 is 2.40 bits per heavy atom. The Balaban J connectivity index is 2.65. The van der Waals surface area contributed by atoms with Crippen LogP contribution in [0.15, 0.2) is 18.2 Å². The Labute approximate surface area is 86.2 Å². The third-order valence-corrected chi connectivity index (χ3v) is 1.55. The number of methoxy groups -OCH3 is 1. The maximum Gasteiger partial charge on any atom is 0.356 e. The molecule has 1 amide bonds. The zero-order valence-corrected chi connectivity index (χ0v) is 8.10. The molecule has 6 nitrogen and oxygen atoms in total. The van der Waals surface area contributed by atoms with Gasteiger partial charge < -0.3 is 4.74 Å². The van der Waals surface area contributed by atoms with Crippen molar-refractivity contribution in [2.45, 2.75) is 6.61 Å². The number of amides is 1. The van der Waals surface area contributed by atoms with Crippen LogP contribution >= 0.6 is 0 Å². The van der Waals surface area contributed by atoms with Crippen LogP contribution in [0, 0.1) is 0 Å². The number of carbonyl (C=O) groups is 2. The minimum Gasteiger partial charge on any atom is -0.464 e.